The molecule has 0 bridgehead atoms. The van der Waals surface area contributed by atoms with Crippen LogP contribution < -0.4 is 30.9 Å². The van der Waals surface area contributed by atoms with Crippen molar-refractivity contribution in [2.75, 3.05) is 9.80 Å². The van der Waals surface area contributed by atoms with E-state index in [9.17, 15) is 0 Å². The van der Waals surface area contributed by atoms with Crippen molar-refractivity contribution in [3.05, 3.63) is 194 Å². The van der Waals surface area contributed by atoms with E-state index in [2.05, 4.69) is 137 Å². The molecule has 0 atom stereocenters. The van der Waals surface area contributed by atoms with Crippen LogP contribution in [-0.4, -0.2) is 21.7 Å². The summed E-state index contributed by atoms with van der Waals surface area (Å²) in [5.41, 5.74) is 12.9. The van der Waals surface area contributed by atoms with Gasteiger partial charge in [-0.15, -0.1) is 0 Å². The van der Waals surface area contributed by atoms with Crippen molar-refractivity contribution in [2.45, 2.75) is 9.79 Å². The van der Waals surface area contributed by atoms with E-state index in [4.69, 9.17) is 19.7 Å². The summed E-state index contributed by atoms with van der Waals surface area (Å²) in [5, 5.41) is 0. The minimum Gasteiger partial charge on any atom is -0.451 e. The standard InChI is InChI=1S/C51H32BN5OS/c1-4-16-33(17-5-1)49-53-50(34-18-6-2-7-19-34)55-51(54-49)35-28-30-37(31-29-35)56-41-25-13-14-26-43(41)58-48-42(56)32-45-46-47(48)57(36-20-8-3-9-21-36)40-24-12-10-22-38(40)52(46)39-23-11-15-27-44(39)59-45/h1-32H. The third-order valence-corrected chi connectivity index (χ3v) is 12.5. The predicted molar refractivity (Wildman–Crippen MR) is 241 cm³/mol. The molecule has 0 amide bonds. The Kier molecular flexibility index (Phi) is 7.78. The highest BCUT2D eigenvalue weighted by Gasteiger charge is 2.45. The number of hydrogen-bond acceptors (Lipinski definition) is 7. The number of para-hydroxylation sites is 4. The van der Waals surface area contributed by atoms with Gasteiger partial charge in [0.25, 0.3) is 0 Å². The highest BCUT2D eigenvalue weighted by atomic mass is 32.2. The Balaban J connectivity index is 1.05. The van der Waals surface area contributed by atoms with Crippen LogP contribution in [0.2, 0.25) is 0 Å². The van der Waals surface area contributed by atoms with Gasteiger partial charge >= 0.3 is 0 Å². The van der Waals surface area contributed by atoms with Crippen molar-refractivity contribution in [2.24, 2.45) is 0 Å². The van der Waals surface area contributed by atoms with Crippen molar-refractivity contribution in [1.29, 1.82) is 0 Å². The van der Waals surface area contributed by atoms with Crippen LogP contribution in [-0.2, 0) is 0 Å². The fourth-order valence-corrected chi connectivity index (χ4v) is 9.92. The maximum Gasteiger partial charge on any atom is 0.249 e. The summed E-state index contributed by atoms with van der Waals surface area (Å²) >= 11 is 1.84. The van der Waals surface area contributed by atoms with Gasteiger partial charge in [0.1, 0.15) is 0 Å². The zero-order chi connectivity index (χ0) is 38.9. The number of benzene rings is 8. The Morgan fingerprint density at radius 3 is 1.63 bits per heavy atom. The summed E-state index contributed by atoms with van der Waals surface area (Å²) in [6.45, 7) is 0.0503. The van der Waals surface area contributed by atoms with E-state index >= 15 is 0 Å². The minimum absolute atomic E-state index is 0.0503. The first kappa shape index (κ1) is 33.7. The second-order valence-corrected chi connectivity index (χ2v) is 15.9. The molecule has 8 aromatic carbocycles. The molecular formula is C51H32BN5OS. The fourth-order valence-electron chi connectivity index (χ4n) is 8.73. The molecule has 0 saturated carbocycles. The van der Waals surface area contributed by atoms with E-state index in [1.165, 1.54) is 26.2 Å². The molecule has 6 nitrogen and oxygen atoms in total. The molecule has 8 heteroatoms. The van der Waals surface area contributed by atoms with Crippen molar-refractivity contribution in [3.8, 4) is 45.7 Å². The first-order valence-electron chi connectivity index (χ1n) is 19.7. The van der Waals surface area contributed by atoms with E-state index in [1.54, 1.807) is 0 Å². The maximum atomic E-state index is 7.14. The lowest BCUT2D eigenvalue weighted by Crippen LogP contribution is -2.60. The van der Waals surface area contributed by atoms with Gasteiger partial charge in [0.15, 0.2) is 29.0 Å². The molecule has 0 radical (unpaired) electrons. The van der Waals surface area contributed by atoms with Gasteiger partial charge in [-0.05, 0) is 77.7 Å². The highest BCUT2D eigenvalue weighted by molar-refractivity contribution is 8.00. The van der Waals surface area contributed by atoms with Crippen LogP contribution in [0.3, 0.4) is 0 Å². The monoisotopic (exact) mass is 773 g/mol. The largest absolute Gasteiger partial charge is 0.451 e. The van der Waals surface area contributed by atoms with E-state index in [-0.39, 0.29) is 6.71 Å². The fraction of sp³-hybridized carbons (Fsp3) is 0. The lowest BCUT2D eigenvalue weighted by atomic mass is 9.35. The van der Waals surface area contributed by atoms with Crippen LogP contribution in [0.25, 0.3) is 34.2 Å². The molecule has 0 fully saturated rings. The quantitative estimate of drug-likeness (QED) is 0.161. The van der Waals surface area contributed by atoms with Crippen LogP contribution in [0.5, 0.6) is 11.5 Å². The average molecular weight is 774 g/mol. The Hall–Kier alpha value is -7.42. The lowest BCUT2D eigenvalue weighted by molar-refractivity contribution is 0.478. The summed E-state index contributed by atoms with van der Waals surface area (Å²) in [5.74, 6) is 3.51. The summed E-state index contributed by atoms with van der Waals surface area (Å²) < 4.78 is 7.14. The molecule has 1 aromatic heterocycles. The molecule has 3 aliphatic rings. The Labute approximate surface area is 346 Å². The molecular weight excluding hydrogens is 741 g/mol. The molecule has 0 unspecified atom stereocenters. The molecule has 0 aliphatic carbocycles. The molecule has 12 rings (SSSR count). The summed E-state index contributed by atoms with van der Waals surface area (Å²) in [6, 6.07) is 67.7. The van der Waals surface area contributed by atoms with Crippen LogP contribution >= 0.6 is 11.8 Å². The molecule has 0 saturated heterocycles. The van der Waals surface area contributed by atoms with Gasteiger partial charge < -0.3 is 14.5 Å². The second kappa shape index (κ2) is 13.6. The van der Waals surface area contributed by atoms with Crippen LogP contribution in [0, 0.1) is 0 Å². The number of hydrogen-bond donors (Lipinski definition) is 0. The summed E-state index contributed by atoms with van der Waals surface area (Å²) in [6.07, 6.45) is 0. The summed E-state index contributed by atoms with van der Waals surface area (Å²) in [7, 11) is 0. The Bertz CT molecular complexity index is 3020. The topological polar surface area (TPSA) is 54.4 Å². The SMILES string of the molecule is c1ccc(-c2nc(-c3ccccc3)nc(-c3ccc(N4c5ccccc5Oc5c4cc4c6c5N(c5ccccc5)c5ccccc5B6c5ccccc5S4)cc3)n2)cc1. The molecule has 59 heavy (non-hydrogen) atoms. The van der Waals surface area contributed by atoms with Crippen molar-refractivity contribution in [3.63, 3.8) is 0 Å². The van der Waals surface area contributed by atoms with Gasteiger partial charge in [-0.3, -0.25) is 0 Å². The molecule has 0 N–H and O–H groups in total. The highest BCUT2D eigenvalue weighted by Crippen LogP contribution is 2.57. The van der Waals surface area contributed by atoms with Gasteiger partial charge in [-0.2, -0.15) is 0 Å². The maximum absolute atomic E-state index is 7.14. The molecule has 0 spiro atoms. The van der Waals surface area contributed by atoms with E-state index in [0.29, 0.717) is 17.5 Å². The molecule has 4 heterocycles. The van der Waals surface area contributed by atoms with E-state index < -0.39 is 0 Å². The van der Waals surface area contributed by atoms with Crippen LogP contribution in [0.4, 0.5) is 34.1 Å². The zero-order valence-electron chi connectivity index (χ0n) is 31.6. The number of ether oxygens (including phenoxy) is 1. The van der Waals surface area contributed by atoms with Crippen molar-refractivity contribution < 1.29 is 4.74 Å². The third kappa shape index (κ3) is 5.48. The van der Waals surface area contributed by atoms with Gasteiger partial charge in [0, 0.05) is 43.5 Å². The van der Waals surface area contributed by atoms with Gasteiger partial charge in [-0.25, -0.2) is 15.0 Å². The predicted octanol–water partition coefficient (Wildman–Crippen LogP) is 11.2. The first-order valence-corrected chi connectivity index (χ1v) is 20.5. The number of aromatic nitrogens is 3. The number of anilines is 6. The van der Waals surface area contributed by atoms with Crippen molar-refractivity contribution in [1.82, 2.24) is 15.0 Å². The molecule has 276 valence electrons. The van der Waals surface area contributed by atoms with Crippen molar-refractivity contribution >= 4 is 69.0 Å². The van der Waals surface area contributed by atoms with Gasteiger partial charge in [0.2, 0.25) is 6.71 Å². The van der Waals surface area contributed by atoms with Crippen LogP contribution in [0.1, 0.15) is 0 Å². The van der Waals surface area contributed by atoms with E-state index in [1.807, 2.05) is 78.5 Å². The van der Waals surface area contributed by atoms with Crippen LogP contribution in [0.15, 0.2) is 204 Å². The number of fused-ring (bicyclic) bond motifs is 7. The number of rotatable bonds is 5. The van der Waals surface area contributed by atoms with E-state index in [0.717, 1.165) is 62.3 Å². The third-order valence-electron chi connectivity index (χ3n) is 11.3. The summed E-state index contributed by atoms with van der Waals surface area (Å²) in [4.78, 5) is 22.2. The van der Waals surface area contributed by atoms with Gasteiger partial charge in [0.05, 0.1) is 17.1 Å². The van der Waals surface area contributed by atoms with Gasteiger partial charge in [-0.1, -0.05) is 145 Å². The minimum atomic E-state index is 0.0503. The molecule has 3 aliphatic heterocycles. The first-order chi connectivity index (χ1) is 29.3. The average Bonchev–Trinajstić information content (AvgIpc) is 3.31. The zero-order valence-corrected chi connectivity index (χ0v) is 32.4. The number of nitrogens with zero attached hydrogens (tertiary/aromatic N) is 5. The normalized spacial score (nSPS) is 13.1. The molecule has 9 aromatic rings. The second-order valence-electron chi connectivity index (χ2n) is 14.8. The lowest BCUT2D eigenvalue weighted by Gasteiger charge is -2.43. The Morgan fingerprint density at radius 1 is 0.424 bits per heavy atom. The smallest absolute Gasteiger partial charge is 0.249 e. The Morgan fingerprint density at radius 2 is 0.949 bits per heavy atom.